The Kier molecular flexibility index (Phi) is 5.37. The van der Waals surface area contributed by atoms with Crippen LogP contribution in [0.25, 0.3) is 0 Å². The third-order valence-electron chi connectivity index (χ3n) is 1.38. The van der Waals surface area contributed by atoms with Gasteiger partial charge in [-0.25, -0.2) is 5.32 Å². The van der Waals surface area contributed by atoms with Crippen molar-refractivity contribution in [3.63, 3.8) is 0 Å². The molecule has 0 aliphatic rings. The van der Waals surface area contributed by atoms with Crippen LogP contribution in [0.15, 0.2) is 12.2 Å². The first kappa shape index (κ1) is 11.2. The van der Waals surface area contributed by atoms with Gasteiger partial charge in [0.25, 0.3) is 5.91 Å². The third kappa shape index (κ3) is 5.92. The molecule has 0 rings (SSSR count). The number of hydrogen-bond donors (Lipinski definition) is 0. The van der Waals surface area contributed by atoms with E-state index in [1.807, 2.05) is 14.1 Å². The number of carbonyl (C=O) groups excluding carboxylic acids is 1. The van der Waals surface area contributed by atoms with E-state index in [2.05, 4.69) is 16.8 Å². The minimum absolute atomic E-state index is 0.172. The maximum absolute atomic E-state index is 10.9. The van der Waals surface area contributed by atoms with Gasteiger partial charge in [0.1, 0.15) is 0 Å². The SMILES string of the molecule is C=C(C)C(=O)[N]CCCN(C)C. The van der Waals surface area contributed by atoms with Gasteiger partial charge in [-0.3, -0.25) is 4.79 Å². The van der Waals surface area contributed by atoms with Gasteiger partial charge in [0.2, 0.25) is 0 Å². The predicted octanol–water partition coefficient (Wildman–Crippen LogP) is 0.645. The van der Waals surface area contributed by atoms with E-state index in [1.54, 1.807) is 6.92 Å². The molecule has 69 valence electrons. The minimum Gasteiger partial charge on any atom is -0.309 e. The minimum atomic E-state index is -0.172. The molecule has 0 aliphatic carbocycles. The third-order valence-corrected chi connectivity index (χ3v) is 1.38. The second-order valence-electron chi connectivity index (χ2n) is 3.12. The second-order valence-corrected chi connectivity index (χ2v) is 3.12. The summed E-state index contributed by atoms with van der Waals surface area (Å²) in [6.45, 7) is 6.76. The van der Waals surface area contributed by atoms with Crippen LogP contribution < -0.4 is 5.32 Å². The van der Waals surface area contributed by atoms with Crippen LogP contribution in [-0.4, -0.2) is 38.0 Å². The number of carbonyl (C=O) groups is 1. The van der Waals surface area contributed by atoms with E-state index in [0.717, 1.165) is 13.0 Å². The van der Waals surface area contributed by atoms with E-state index >= 15 is 0 Å². The van der Waals surface area contributed by atoms with E-state index < -0.39 is 0 Å². The van der Waals surface area contributed by atoms with Gasteiger partial charge in [-0.2, -0.15) is 0 Å². The monoisotopic (exact) mass is 169 g/mol. The Morgan fingerprint density at radius 1 is 1.50 bits per heavy atom. The lowest BCUT2D eigenvalue weighted by Gasteiger charge is -2.08. The molecule has 0 saturated heterocycles. The average molecular weight is 169 g/mol. The lowest BCUT2D eigenvalue weighted by atomic mass is 10.3. The molecule has 0 aliphatic heterocycles. The molecule has 12 heavy (non-hydrogen) atoms. The predicted molar refractivity (Wildman–Crippen MR) is 50.0 cm³/mol. The Hall–Kier alpha value is -0.830. The molecule has 0 aromatic heterocycles. The number of amides is 1. The van der Waals surface area contributed by atoms with E-state index in [4.69, 9.17) is 0 Å². The molecule has 3 heteroatoms. The maximum Gasteiger partial charge on any atom is 0.267 e. The summed E-state index contributed by atoms with van der Waals surface area (Å²) in [5, 5.41) is 3.83. The van der Waals surface area contributed by atoms with E-state index in [0.29, 0.717) is 12.1 Å². The van der Waals surface area contributed by atoms with Gasteiger partial charge in [0.05, 0.1) is 0 Å². The molecule has 0 atom stereocenters. The van der Waals surface area contributed by atoms with Gasteiger partial charge in [0, 0.05) is 12.1 Å². The Labute approximate surface area is 74.4 Å². The summed E-state index contributed by atoms with van der Waals surface area (Å²) in [5.74, 6) is -0.172. The molecule has 0 aromatic carbocycles. The lowest BCUT2D eigenvalue weighted by molar-refractivity contribution is -0.117. The van der Waals surface area contributed by atoms with Crippen LogP contribution in [0.1, 0.15) is 13.3 Å². The van der Waals surface area contributed by atoms with Crippen LogP contribution in [0.2, 0.25) is 0 Å². The highest BCUT2D eigenvalue weighted by Crippen LogP contribution is 1.88. The van der Waals surface area contributed by atoms with Crippen molar-refractivity contribution in [1.29, 1.82) is 0 Å². The molecule has 0 unspecified atom stereocenters. The summed E-state index contributed by atoms with van der Waals surface area (Å²) in [5.41, 5.74) is 0.514. The fourth-order valence-electron chi connectivity index (χ4n) is 0.702. The number of nitrogens with zero attached hydrogens (tertiary/aromatic N) is 2. The van der Waals surface area contributed by atoms with Crippen molar-refractivity contribution in [2.75, 3.05) is 27.2 Å². The van der Waals surface area contributed by atoms with Crippen LogP contribution in [0, 0.1) is 0 Å². The topological polar surface area (TPSA) is 34.4 Å². The molecular formula is C9H17N2O. The van der Waals surface area contributed by atoms with Gasteiger partial charge < -0.3 is 4.90 Å². The van der Waals surface area contributed by atoms with Crippen molar-refractivity contribution in [3.8, 4) is 0 Å². The van der Waals surface area contributed by atoms with Crippen molar-refractivity contribution in [1.82, 2.24) is 10.2 Å². The molecule has 0 bridgehead atoms. The zero-order valence-corrected chi connectivity index (χ0v) is 8.13. The zero-order chi connectivity index (χ0) is 9.56. The molecule has 0 aromatic rings. The fourth-order valence-corrected chi connectivity index (χ4v) is 0.702. The molecular weight excluding hydrogens is 152 g/mol. The second kappa shape index (κ2) is 5.77. The van der Waals surface area contributed by atoms with Crippen molar-refractivity contribution in [2.24, 2.45) is 0 Å². The molecule has 0 heterocycles. The van der Waals surface area contributed by atoms with Crippen molar-refractivity contribution >= 4 is 5.91 Å². The standard InChI is InChI=1S/C9H17N2O/c1-8(2)9(12)10-6-5-7-11(3)4/h1,5-7H2,2-4H3. The Bertz CT molecular complexity index is 164. The highest BCUT2D eigenvalue weighted by molar-refractivity contribution is 5.91. The zero-order valence-electron chi connectivity index (χ0n) is 8.13. The van der Waals surface area contributed by atoms with Crippen molar-refractivity contribution in [2.45, 2.75) is 13.3 Å². The highest BCUT2D eigenvalue weighted by atomic mass is 16.1. The Morgan fingerprint density at radius 2 is 2.08 bits per heavy atom. The molecule has 1 radical (unpaired) electrons. The first-order valence-corrected chi connectivity index (χ1v) is 4.06. The van der Waals surface area contributed by atoms with Crippen LogP contribution in [0.4, 0.5) is 0 Å². The number of rotatable bonds is 5. The average Bonchev–Trinajstić information content (AvgIpc) is 1.97. The molecule has 0 saturated carbocycles. The highest BCUT2D eigenvalue weighted by Gasteiger charge is 2.01. The Morgan fingerprint density at radius 3 is 2.50 bits per heavy atom. The largest absolute Gasteiger partial charge is 0.309 e. The van der Waals surface area contributed by atoms with Gasteiger partial charge in [0.15, 0.2) is 0 Å². The normalized spacial score (nSPS) is 10.0. The van der Waals surface area contributed by atoms with Crippen molar-refractivity contribution < 1.29 is 4.79 Å². The fraction of sp³-hybridized carbons (Fsp3) is 0.667. The summed E-state index contributed by atoms with van der Waals surface area (Å²) in [7, 11) is 4.00. The van der Waals surface area contributed by atoms with Gasteiger partial charge in [-0.1, -0.05) is 6.58 Å². The quantitative estimate of drug-likeness (QED) is 0.447. The summed E-state index contributed by atoms with van der Waals surface area (Å²) >= 11 is 0. The van der Waals surface area contributed by atoms with E-state index in [9.17, 15) is 4.79 Å². The molecule has 3 nitrogen and oxygen atoms in total. The summed E-state index contributed by atoms with van der Waals surface area (Å²) in [4.78, 5) is 13.0. The summed E-state index contributed by atoms with van der Waals surface area (Å²) in [6.07, 6.45) is 0.923. The van der Waals surface area contributed by atoms with Crippen molar-refractivity contribution in [3.05, 3.63) is 12.2 Å². The summed E-state index contributed by atoms with van der Waals surface area (Å²) < 4.78 is 0. The van der Waals surface area contributed by atoms with Gasteiger partial charge >= 0.3 is 0 Å². The Balaban J connectivity index is 3.32. The molecule has 1 amide bonds. The molecule has 0 N–H and O–H groups in total. The lowest BCUT2D eigenvalue weighted by Crippen LogP contribution is -2.21. The maximum atomic E-state index is 10.9. The first-order valence-electron chi connectivity index (χ1n) is 4.06. The van der Waals surface area contributed by atoms with Crippen LogP contribution in [0.3, 0.4) is 0 Å². The van der Waals surface area contributed by atoms with Gasteiger partial charge in [-0.15, -0.1) is 0 Å². The molecule has 0 spiro atoms. The number of hydrogen-bond acceptors (Lipinski definition) is 2. The smallest absolute Gasteiger partial charge is 0.267 e. The van der Waals surface area contributed by atoms with Crippen LogP contribution in [-0.2, 0) is 4.79 Å². The first-order chi connectivity index (χ1) is 5.54. The van der Waals surface area contributed by atoms with Gasteiger partial charge in [-0.05, 0) is 34.0 Å². The summed E-state index contributed by atoms with van der Waals surface area (Å²) in [6, 6.07) is 0. The van der Waals surface area contributed by atoms with E-state index in [-0.39, 0.29) is 5.91 Å². The van der Waals surface area contributed by atoms with Crippen LogP contribution >= 0.6 is 0 Å². The molecule has 0 fully saturated rings. The van der Waals surface area contributed by atoms with Crippen LogP contribution in [0.5, 0.6) is 0 Å². The van der Waals surface area contributed by atoms with E-state index in [1.165, 1.54) is 0 Å².